The smallest absolute Gasteiger partial charge is 0.410 e. The molecule has 0 bridgehead atoms. The summed E-state index contributed by atoms with van der Waals surface area (Å²) in [5.41, 5.74) is 3.12. The number of fused-ring (bicyclic) bond motifs is 3. The van der Waals surface area contributed by atoms with Crippen molar-refractivity contribution in [1.29, 1.82) is 0 Å². The summed E-state index contributed by atoms with van der Waals surface area (Å²) in [5, 5.41) is 27.2. The summed E-state index contributed by atoms with van der Waals surface area (Å²) in [6.07, 6.45) is 22.3. The highest BCUT2D eigenvalue weighted by atomic mass is 16.7. The first-order valence-electron chi connectivity index (χ1n) is 26.0. The second-order valence-corrected chi connectivity index (χ2v) is 20.1. The van der Waals surface area contributed by atoms with Gasteiger partial charge in [-0.2, -0.15) is 0 Å². The highest BCUT2D eigenvalue weighted by Gasteiger charge is 2.66. The van der Waals surface area contributed by atoms with E-state index in [0.29, 0.717) is 37.6 Å². The quantitative estimate of drug-likeness (QED) is 0.0401. The van der Waals surface area contributed by atoms with Crippen molar-refractivity contribution in [1.82, 2.24) is 4.90 Å². The molecule has 6 atom stereocenters. The van der Waals surface area contributed by atoms with E-state index in [-0.39, 0.29) is 50.5 Å². The van der Waals surface area contributed by atoms with Crippen molar-refractivity contribution >= 4 is 22.6 Å². The van der Waals surface area contributed by atoms with E-state index in [9.17, 15) is 10.2 Å². The van der Waals surface area contributed by atoms with Crippen LogP contribution in [0.1, 0.15) is 154 Å². The lowest BCUT2D eigenvalue weighted by atomic mass is 9.55. The van der Waals surface area contributed by atoms with Crippen LogP contribution in [0.25, 0.3) is 10.8 Å². The van der Waals surface area contributed by atoms with E-state index in [2.05, 4.69) is 56.5 Å². The van der Waals surface area contributed by atoms with Gasteiger partial charge in [-0.15, -0.1) is 6.58 Å². The standard InChI is InChI=1S/C58H82N2O8/c1-7-10-11-12-13-14-15-16-17-24-38-65-56(63)60(42-45-29-25-28-43-26-18-19-30-47(43)45)53-41-51(59-68-57(4,5)6)49-39-44(27-20-22-34-61)48(31-21-23-35-62)54-50-40-46(64-36-8-2)32-33-52(50)67-58(53,55(49)54)66-37-9-3/h8-9,18-19,25-26,28-30,32-33,39-40,44,48,53-55,61-62H,2-3,7,10-17,20-24,27,31,34-38,41-42H2,1,4-6H3/t44-,48+,53-,54+,55+,58+/m0/s1. The average molecular weight is 935 g/mol. The third-order valence-corrected chi connectivity index (χ3v) is 14.0. The molecule has 3 aromatic rings. The second kappa shape index (κ2) is 26.4. The van der Waals surface area contributed by atoms with E-state index < -0.39 is 29.4 Å². The molecular formula is C58H82N2O8. The zero-order chi connectivity index (χ0) is 48.4. The van der Waals surface area contributed by atoms with E-state index in [1.165, 1.54) is 44.9 Å². The first kappa shape index (κ1) is 52.7. The topological polar surface area (TPSA) is 119 Å². The fourth-order valence-electron chi connectivity index (χ4n) is 10.8. The third kappa shape index (κ3) is 13.6. The highest BCUT2D eigenvalue weighted by molar-refractivity contribution is 6.03. The minimum absolute atomic E-state index is 0.0800. The maximum absolute atomic E-state index is 15.3. The number of hydrogen-bond acceptors (Lipinski definition) is 9. The molecule has 6 rings (SSSR count). The van der Waals surface area contributed by atoms with Crippen LogP contribution in [0.5, 0.6) is 11.5 Å². The van der Waals surface area contributed by atoms with Crippen molar-refractivity contribution in [2.75, 3.05) is 33.0 Å². The summed E-state index contributed by atoms with van der Waals surface area (Å²) < 4.78 is 27.3. The molecule has 1 fully saturated rings. The number of carbonyl (C=O) groups is 1. The molecular weight excluding hydrogens is 853 g/mol. The van der Waals surface area contributed by atoms with Crippen LogP contribution in [0.3, 0.4) is 0 Å². The Labute approximate surface area is 407 Å². The van der Waals surface area contributed by atoms with Gasteiger partial charge < -0.3 is 34.0 Å². The molecule has 1 amide bonds. The molecule has 10 nitrogen and oxygen atoms in total. The Hall–Kier alpha value is -4.64. The van der Waals surface area contributed by atoms with E-state index in [4.69, 9.17) is 28.9 Å². The Morgan fingerprint density at radius 1 is 0.853 bits per heavy atom. The first-order chi connectivity index (χ1) is 33.1. The van der Waals surface area contributed by atoms with Gasteiger partial charge in [0.2, 0.25) is 5.79 Å². The minimum atomic E-state index is -1.42. The number of unbranched alkanes of at least 4 members (excludes halogenated alkanes) is 11. The minimum Gasteiger partial charge on any atom is -0.490 e. The number of benzene rings is 3. The molecule has 0 radical (unpaired) electrons. The van der Waals surface area contributed by atoms with Gasteiger partial charge in [-0.3, -0.25) is 4.90 Å². The van der Waals surface area contributed by atoms with Gasteiger partial charge in [-0.05, 0) is 105 Å². The Kier molecular flexibility index (Phi) is 20.4. The molecule has 0 saturated heterocycles. The molecule has 0 spiro atoms. The summed E-state index contributed by atoms with van der Waals surface area (Å²) in [6.45, 7) is 17.5. The first-order valence-corrected chi connectivity index (χ1v) is 26.0. The van der Waals surface area contributed by atoms with Crippen LogP contribution in [0.15, 0.2) is 103 Å². The number of ether oxygens (including phenoxy) is 4. The number of amides is 1. The molecule has 10 heteroatoms. The van der Waals surface area contributed by atoms with Gasteiger partial charge >= 0.3 is 6.09 Å². The largest absolute Gasteiger partial charge is 0.490 e. The van der Waals surface area contributed by atoms with Gasteiger partial charge in [-0.1, -0.05) is 150 Å². The molecule has 1 aliphatic heterocycles. The molecule has 3 aliphatic rings. The van der Waals surface area contributed by atoms with Crippen LogP contribution >= 0.6 is 0 Å². The van der Waals surface area contributed by atoms with Gasteiger partial charge in [0.1, 0.15) is 29.7 Å². The fraction of sp³-hybridized carbons (Fsp3) is 0.586. The van der Waals surface area contributed by atoms with Crippen LogP contribution < -0.4 is 9.47 Å². The van der Waals surface area contributed by atoms with Crippen molar-refractivity contribution < 1.29 is 38.8 Å². The van der Waals surface area contributed by atoms with Crippen LogP contribution in [-0.2, 0) is 20.9 Å². The van der Waals surface area contributed by atoms with Crippen molar-refractivity contribution in [2.45, 2.75) is 167 Å². The lowest BCUT2D eigenvalue weighted by molar-refractivity contribution is -0.256. The van der Waals surface area contributed by atoms with Crippen LogP contribution in [0, 0.1) is 17.8 Å². The SMILES string of the molecule is C=CCOc1ccc2c(c1)[C@H]1[C@H](CCCCO)[C@@H](CCCCO)C=C3C(=NOC(C)(C)C)C[C@H](N(Cc4cccc5ccccc45)C(=O)OCCCCCCCCCCCC)[C@@](OCC=C)(O2)[C@H]31. The number of hydrogen-bond donors (Lipinski definition) is 2. The number of nitrogens with zero attached hydrogens (tertiary/aromatic N) is 2. The van der Waals surface area contributed by atoms with Gasteiger partial charge in [0.25, 0.3) is 0 Å². The molecule has 1 saturated carbocycles. The van der Waals surface area contributed by atoms with Gasteiger partial charge in [0.15, 0.2) is 0 Å². The Balaban J connectivity index is 1.49. The normalized spacial score (nSPS) is 22.4. The van der Waals surface area contributed by atoms with Gasteiger partial charge in [0, 0.05) is 31.1 Å². The number of allylic oxidation sites excluding steroid dienone is 1. The molecule has 1 heterocycles. The summed E-state index contributed by atoms with van der Waals surface area (Å²) >= 11 is 0. The van der Waals surface area contributed by atoms with Crippen LogP contribution in [0.2, 0.25) is 0 Å². The molecule has 372 valence electrons. The highest BCUT2D eigenvalue weighted by Crippen LogP contribution is 2.62. The summed E-state index contributed by atoms with van der Waals surface area (Å²) in [6, 6.07) is 19.8. The lowest BCUT2D eigenvalue weighted by Gasteiger charge is -2.60. The number of aliphatic hydroxyl groups is 2. The van der Waals surface area contributed by atoms with Crippen LogP contribution in [-0.4, -0.2) is 77.4 Å². The van der Waals surface area contributed by atoms with Crippen molar-refractivity contribution in [3.63, 3.8) is 0 Å². The van der Waals surface area contributed by atoms with E-state index >= 15 is 4.79 Å². The zero-order valence-electron chi connectivity index (χ0n) is 41.8. The zero-order valence-corrected chi connectivity index (χ0v) is 41.8. The number of oxime groups is 1. The average Bonchev–Trinajstić information content (AvgIpc) is 3.33. The van der Waals surface area contributed by atoms with Gasteiger partial charge in [0.05, 0.1) is 31.4 Å². The van der Waals surface area contributed by atoms with Crippen molar-refractivity contribution in [2.24, 2.45) is 22.9 Å². The molecule has 3 aromatic carbocycles. The van der Waals surface area contributed by atoms with Crippen molar-refractivity contribution in [3.8, 4) is 11.5 Å². The summed E-state index contributed by atoms with van der Waals surface area (Å²) in [5.74, 6) is -0.498. The predicted molar refractivity (Wildman–Crippen MR) is 274 cm³/mol. The number of aliphatic hydroxyl groups excluding tert-OH is 2. The number of carbonyl (C=O) groups excluding carboxylic acids is 1. The Morgan fingerprint density at radius 3 is 2.25 bits per heavy atom. The fourth-order valence-corrected chi connectivity index (χ4v) is 10.8. The van der Waals surface area contributed by atoms with E-state index in [0.717, 1.165) is 78.1 Å². The third-order valence-electron chi connectivity index (χ3n) is 14.0. The lowest BCUT2D eigenvalue weighted by Crippen LogP contribution is -2.70. The molecule has 0 unspecified atom stereocenters. The summed E-state index contributed by atoms with van der Waals surface area (Å²) in [4.78, 5) is 23.5. The maximum atomic E-state index is 15.3. The Bertz CT molecular complexity index is 2120. The summed E-state index contributed by atoms with van der Waals surface area (Å²) in [7, 11) is 0. The van der Waals surface area contributed by atoms with E-state index in [1.54, 1.807) is 12.2 Å². The van der Waals surface area contributed by atoms with Crippen molar-refractivity contribution in [3.05, 3.63) is 109 Å². The molecule has 68 heavy (non-hydrogen) atoms. The molecule has 2 aliphatic carbocycles. The van der Waals surface area contributed by atoms with E-state index in [1.807, 2.05) is 56.0 Å². The molecule has 2 N–H and O–H groups in total. The van der Waals surface area contributed by atoms with Gasteiger partial charge in [-0.25, -0.2) is 4.79 Å². The number of rotatable bonds is 29. The monoisotopic (exact) mass is 935 g/mol. The Morgan fingerprint density at radius 2 is 1.54 bits per heavy atom. The second-order valence-electron chi connectivity index (χ2n) is 20.1. The predicted octanol–water partition coefficient (Wildman–Crippen LogP) is 13.4. The molecule has 0 aromatic heterocycles. The van der Waals surface area contributed by atoms with Crippen LogP contribution in [0.4, 0.5) is 4.79 Å². The maximum Gasteiger partial charge on any atom is 0.410 e.